The van der Waals surface area contributed by atoms with Crippen LogP contribution < -0.4 is 5.19 Å². The van der Waals surface area contributed by atoms with E-state index in [-0.39, 0.29) is 0 Å². The molecule has 1 saturated carbocycles. The van der Waals surface area contributed by atoms with E-state index in [1.165, 1.54) is 37.3 Å². The van der Waals surface area contributed by atoms with Gasteiger partial charge in [0.05, 0.1) is 0 Å². The summed E-state index contributed by atoms with van der Waals surface area (Å²) in [6.45, 7) is 8.29. The molecule has 0 N–H and O–H groups in total. The normalized spacial score (nSPS) is 17.6. The first-order valence-electron chi connectivity index (χ1n) is 6.66. The van der Waals surface area contributed by atoms with E-state index in [0.717, 1.165) is 5.54 Å². The van der Waals surface area contributed by atoms with Crippen LogP contribution in [-0.4, -0.2) is 8.07 Å². The lowest BCUT2D eigenvalue weighted by atomic mass is 10.0. The zero-order valence-corrected chi connectivity index (χ0v) is 11.6. The number of hydrogen-bond acceptors (Lipinski definition) is 0. The van der Waals surface area contributed by atoms with E-state index >= 15 is 0 Å². The lowest BCUT2D eigenvalue weighted by Gasteiger charge is -2.36. The Balaban J connectivity index is 2.37. The summed E-state index contributed by atoms with van der Waals surface area (Å²) in [5.41, 5.74) is 5.30. The van der Waals surface area contributed by atoms with Crippen LogP contribution in [0.25, 0.3) is 0 Å². The molecule has 0 bridgehead atoms. The Morgan fingerprint density at radius 2 is 1.53 bits per heavy atom. The van der Waals surface area contributed by atoms with Gasteiger partial charge in [0, 0.05) is 0 Å². The van der Waals surface area contributed by atoms with E-state index in [1.54, 1.807) is 0 Å². The Bertz CT molecular complexity index is 366. The zero-order valence-electron chi connectivity index (χ0n) is 10.6. The summed E-state index contributed by atoms with van der Waals surface area (Å²) in [6.07, 6.45) is 6.89. The molecule has 0 nitrogen and oxygen atoms in total. The number of rotatable bonds is 4. The lowest BCUT2D eigenvalue weighted by molar-refractivity contribution is 0.496. The minimum atomic E-state index is -1.69. The van der Waals surface area contributed by atoms with Crippen LogP contribution >= 0.6 is 0 Å². The molecule has 1 aliphatic rings. The van der Waals surface area contributed by atoms with Gasteiger partial charge in [-0.1, -0.05) is 79.0 Å². The molecule has 1 aromatic carbocycles. The highest BCUT2D eigenvalue weighted by molar-refractivity contribution is 7.00. The maximum atomic E-state index is 4.15. The summed E-state index contributed by atoms with van der Waals surface area (Å²) < 4.78 is 0. The Labute approximate surface area is 106 Å². The van der Waals surface area contributed by atoms with Gasteiger partial charge in [-0.2, -0.15) is 0 Å². The summed E-state index contributed by atoms with van der Waals surface area (Å²) >= 11 is 0. The SMILES string of the molecule is C=C[Si](C=C)(c1ccccc1)C1CCCCC1. The van der Waals surface area contributed by atoms with Crippen molar-refractivity contribution in [2.75, 3.05) is 0 Å². The maximum absolute atomic E-state index is 4.15. The van der Waals surface area contributed by atoms with Crippen LogP contribution in [0.15, 0.2) is 54.9 Å². The second-order valence-electron chi connectivity index (χ2n) is 5.04. The van der Waals surface area contributed by atoms with Gasteiger partial charge in [-0.15, -0.1) is 13.2 Å². The van der Waals surface area contributed by atoms with Gasteiger partial charge in [0.2, 0.25) is 0 Å². The van der Waals surface area contributed by atoms with Crippen LogP contribution in [0.4, 0.5) is 0 Å². The molecule has 17 heavy (non-hydrogen) atoms. The summed E-state index contributed by atoms with van der Waals surface area (Å²) in [5.74, 6) is 0. The van der Waals surface area contributed by atoms with E-state index < -0.39 is 8.07 Å². The maximum Gasteiger partial charge on any atom is 0.135 e. The van der Waals surface area contributed by atoms with Crippen molar-refractivity contribution in [3.8, 4) is 0 Å². The molecule has 0 spiro atoms. The van der Waals surface area contributed by atoms with Crippen molar-refractivity contribution in [3.05, 3.63) is 54.9 Å². The fraction of sp³-hybridized carbons (Fsp3) is 0.375. The summed E-state index contributed by atoms with van der Waals surface area (Å²) in [5, 5.41) is 1.48. The van der Waals surface area contributed by atoms with Crippen molar-refractivity contribution in [3.63, 3.8) is 0 Å². The molecule has 1 fully saturated rings. The van der Waals surface area contributed by atoms with Gasteiger partial charge in [-0.3, -0.25) is 0 Å². The predicted octanol–water partition coefficient (Wildman–Crippen LogP) is 4.13. The van der Waals surface area contributed by atoms with Crippen molar-refractivity contribution < 1.29 is 0 Å². The van der Waals surface area contributed by atoms with Crippen molar-refractivity contribution in [2.24, 2.45) is 0 Å². The molecule has 0 radical (unpaired) electrons. The van der Waals surface area contributed by atoms with Gasteiger partial charge < -0.3 is 0 Å². The predicted molar refractivity (Wildman–Crippen MR) is 79.1 cm³/mol. The zero-order chi connectivity index (χ0) is 12.1. The number of hydrogen-bond donors (Lipinski definition) is 0. The van der Waals surface area contributed by atoms with Gasteiger partial charge in [0.15, 0.2) is 0 Å². The van der Waals surface area contributed by atoms with E-state index in [0.29, 0.717) is 0 Å². The molecule has 0 unspecified atom stereocenters. The fourth-order valence-corrected chi connectivity index (χ4v) is 7.10. The van der Waals surface area contributed by atoms with Gasteiger partial charge in [0.25, 0.3) is 0 Å². The Morgan fingerprint density at radius 3 is 2.06 bits per heavy atom. The molecule has 1 aromatic rings. The molecule has 2 rings (SSSR count). The third-order valence-electron chi connectivity index (χ3n) is 4.23. The quantitative estimate of drug-likeness (QED) is 0.697. The number of benzene rings is 1. The highest BCUT2D eigenvalue weighted by Crippen LogP contribution is 2.37. The lowest BCUT2D eigenvalue weighted by Crippen LogP contribution is -2.49. The molecule has 0 amide bonds. The first-order chi connectivity index (χ1) is 8.33. The van der Waals surface area contributed by atoms with Crippen molar-refractivity contribution >= 4 is 13.3 Å². The molecule has 0 atom stereocenters. The molecule has 0 aromatic heterocycles. The third kappa shape index (κ3) is 2.30. The first-order valence-corrected chi connectivity index (χ1v) is 8.89. The standard InChI is InChI=1S/C16H22Si/c1-3-17(4-2,15-11-7-5-8-12-15)16-13-9-6-10-14-16/h3-5,7-8,11-12,16H,1-2,6,9-10,13-14H2. The minimum absolute atomic E-state index is 0.814. The van der Waals surface area contributed by atoms with Gasteiger partial charge in [0.1, 0.15) is 8.07 Å². The first kappa shape index (κ1) is 12.4. The van der Waals surface area contributed by atoms with Gasteiger partial charge in [-0.25, -0.2) is 0 Å². The fourth-order valence-electron chi connectivity index (χ4n) is 3.20. The van der Waals surface area contributed by atoms with Crippen LogP contribution in [0.1, 0.15) is 32.1 Å². The molecule has 90 valence electrons. The Kier molecular flexibility index (Phi) is 4.00. The molecular weight excluding hydrogens is 220 g/mol. The largest absolute Gasteiger partial charge is 0.135 e. The van der Waals surface area contributed by atoms with E-state index in [2.05, 4.69) is 54.9 Å². The average molecular weight is 242 g/mol. The molecule has 0 aliphatic heterocycles. The Hall–Kier alpha value is -1.08. The molecular formula is C16H22Si. The highest BCUT2D eigenvalue weighted by Gasteiger charge is 2.37. The van der Waals surface area contributed by atoms with Gasteiger partial charge >= 0.3 is 0 Å². The van der Waals surface area contributed by atoms with Crippen molar-refractivity contribution in [2.45, 2.75) is 37.6 Å². The van der Waals surface area contributed by atoms with Crippen LogP contribution in [0.5, 0.6) is 0 Å². The molecule has 1 aliphatic carbocycles. The highest BCUT2D eigenvalue weighted by atomic mass is 28.3. The minimum Gasteiger partial charge on any atom is -0.106 e. The average Bonchev–Trinajstić information content (AvgIpc) is 2.43. The molecule has 0 saturated heterocycles. The summed E-state index contributed by atoms with van der Waals surface area (Å²) in [6, 6.07) is 10.9. The van der Waals surface area contributed by atoms with Crippen molar-refractivity contribution in [1.82, 2.24) is 0 Å². The van der Waals surface area contributed by atoms with E-state index in [4.69, 9.17) is 0 Å². The molecule has 1 heteroatoms. The second-order valence-corrected chi connectivity index (χ2v) is 9.12. The van der Waals surface area contributed by atoms with Crippen LogP contribution in [0.2, 0.25) is 5.54 Å². The second kappa shape index (κ2) is 5.50. The third-order valence-corrected chi connectivity index (χ3v) is 8.84. The summed E-state index contributed by atoms with van der Waals surface area (Å²) in [7, 11) is -1.69. The Morgan fingerprint density at radius 1 is 0.941 bits per heavy atom. The van der Waals surface area contributed by atoms with Crippen LogP contribution in [0.3, 0.4) is 0 Å². The van der Waals surface area contributed by atoms with Crippen LogP contribution in [0, 0.1) is 0 Å². The summed E-state index contributed by atoms with van der Waals surface area (Å²) in [4.78, 5) is 0. The monoisotopic (exact) mass is 242 g/mol. The smallest absolute Gasteiger partial charge is 0.106 e. The topological polar surface area (TPSA) is 0 Å². The molecule has 0 heterocycles. The van der Waals surface area contributed by atoms with E-state index in [1.807, 2.05) is 0 Å². The van der Waals surface area contributed by atoms with Crippen molar-refractivity contribution in [1.29, 1.82) is 0 Å². The van der Waals surface area contributed by atoms with Gasteiger partial charge in [-0.05, 0) is 5.54 Å². The van der Waals surface area contributed by atoms with E-state index in [9.17, 15) is 0 Å². The van der Waals surface area contributed by atoms with Crippen LogP contribution in [-0.2, 0) is 0 Å².